The topological polar surface area (TPSA) is 94.2 Å². The van der Waals surface area contributed by atoms with E-state index in [0.29, 0.717) is 37.4 Å². The number of likely N-dealkylation sites (N-methyl/N-ethyl adjacent to an activating group) is 1. The van der Waals surface area contributed by atoms with Crippen molar-refractivity contribution in [2.45, 2.75) is 52.7 Å². The maximum atomic E-state index is 13.1. The number of carbonyl (C=O) groups is 3. The number of carbonyl (C=O) groups excluding carboxylic acids is 3. The van der Waals surface area contributed by atoms with Crippen LogP contribution in [-0.2, 0) is 9.53 Å². The van der Waals surface area contributed by atoms with E-state index in [0.717, 1.165) is 11.1 Å². The Morgan fingerprint density at radius 3 is 2.47 bits per heavy atom. The van der Waals surface area contributed by atoms with Crippen LogP contribution in [0.25, 0.3) is 0 Å². The maximum absolute atomic E-state index is 13.1. The number of urea groups is 2. The Kier molecular flexibility index (Phi) is 8.19. The van der Waals surface area contributed by atoms with Crippen LogP contribution in [0.3, 0.4) is 0 Å². The molecule has 0 radical (unpaired) electrons. The number of piperazine rings is 1. The van der Waals surface area contributed by atoms with Crippen molar-refractivity contribution in [2.24, 2.45) is 0 Å². The van der Waals surface area contributed by atoms with Crippen molar-refractivity contribution >= 4 is 18.0 Å². The maximum Gasteiger partial charge on any atom is 0.338 e. The fourth-order valence-corrected chi connectivity index (χ4v) is 4.43. The van der Waals surface area contributed by atoms with Crippen molar-refractivity contribution in [3.63, 3.8) is 0 Å². The van der Waals surface area contributed by atoms with E-state index in [4.69, 9.17) is 4.74 Å². The predicted molar refractivity (Wildman–Crippen MR) is 130 cm³/mol. The van der Waals surface area contributed by atoms with E-state index in [9.17, 15) is 14.4 Å². The fraction of sp³-hybridized carbons (Fsp3) is 0.560. The highest BCUT2D eigenvalue weighted by molar-refractivity contribution is 5.95. The van der Waals surface area contributed by atoms with E-state index >= 15 is 0 Å². The third kappa shape index (κ3) is 5.70. The Bertz CT molecular complexity index is 943. The molecule has 0 spiro atoms. The molecule has 9 heteroatoms. The number of amides is 4. The molecule has 34 heavy (non-hydrogen) atoms. The normalized spacial score (nSPS) is 21.6. The first-order valence-corrected chi connectivity index (χ1v) is 11.9. The second-order valence-corrected chi connectivity index (χ2v) is 9.31. The summed E-state index contributed by atoms with van der Waals surface area (Å²) < 4.78 is 5.41. The number of nitrogens with zero attached hydrogens (tertiary/aromatic N) is 3. The van der Waals surface area contributed by atoms with Crippen molar-refractivity contribution in [3.8, 4) is 0 Å². The number of ether oxygens (including phenoxy) is 1. The van der Waals surface area contributed by atoms with Gasteiger partial charge in [-0.25, -0.2) is 14.4 Å². The Morgan fingerprint density at radius 1 is 1.21 bits per heavy atom. The number of benzene rings is 1. The highest BCUT2D eigenvalue weighted by Gasteiger charge is 2.38. The molecule has 4 amide bonds. The molecule has 2 N–H and O–H groups in total. The van der Waals surface area contributed by atoms with E-state index < -0.39 is 12.0 Å². The van der Waals surface area contributed by atoms with Gasteiger partial charge in [-0.2, -0.15) is 0 Å². The molecule has 0 aliphatic carbocycles. The third-order valence-electron chi connectivity index (χ3n) is 6.24. The average molecular weight is 472 g/mol. The van der Waals surface area contributed by atoms with Crippen LogP contribution in [0.5, 0.6) is 0 Å². The highest BCUT2D eigenvalue weighted by Crippen LogP contribution is 2.32. The molecule has 2 heterocycles. The summed E-state index contributed by atoms with van der Waals surface area (Å²) in [6.07, 6.45) is 0. The zero-order valence-corrected chi connectivity index (χ0v) is 21.1. The van der Waals surface area contributed by atoms with E-state index in [1.165, 1.54) is 4.90 Å². The Hall–Kier alpha value is -3.07. The molecule has 0 aromatic heterocycles. The summed E-state index contributed by atoms with van der Waals surface area (Å²) in [6, 6.07) is 6.93. The second-order valence-electron chi connectivity index (χ2n) is 9.31. The lowest BCUT2D eigenvalue weighted by molar-refractivity contribution is -0.139. The van der Waals surface area contributed by atoms with Crippen LogP contribution in [0.15, 0.2) is 35.5 Å². The first-order valence-electron chi connectivity index (χ1n) is 11.9. The van der Waals surface area contributed by atoms with E-state index in [-0.39, 0.29) is 30.8 Å². The van der Waals surface area contributed by atoms with Crippen molar-refractivity contribution in [3.05, 3.63) is 46.7 Å². The summed E-state index contributed by atoms with van der Waals surface area (Å²) in [6.45, 7) is 12.2. The van der Waals surface area contributed by atoms with Gasteiger partial charge in [-0.1, -0.05) is 29.8 Å². The van der Waals surface area contributed by atoms with Crippen molar-refractivity contribution in [2.75, 3.05) is 39.8 Å². The van der Waals surface area contributed by atoms with Crippen molar-refractivity contribution in [1.29, 1.82) is 0 Å². The number of hydrogen-bond donors (Lipinski definition) is 2. The number of rotatable bonds is 6. The van der Waals surface area contributed by atoms with E-state index in [1.54, 1.807) is 14.0 Å². The van der Waals surface area contributed by atoms with Gasteiger partial charge in [0.1, 0.15) is 0 Å². The van der Waals surface area contributed by atoms with Crippen molar-refractivity contribution < 1.29 is 19.1 Å². The molecule has 1 fully saturated rings. The first kappa shape index (κ1) is 25.6. The zero-order chi connectivity index (χ0) is 25.0. The summed E-state index contributed by atoms with van der Waals surface area (Å²) in [5.74, 6) is -0.432. The van der Waals surface area contributed by atoms with Gasteiger partial charge in [-0.3, -0.25) is 9.80 Å². The highest BCUT2D eigenvalue weighted by atomic mass is 16.5. The summed E-state index contributed by atoms with van der Waals surface area (Å²) in [5.41, 5.74) is 3.00. The summed E-state index contributed by atoms with van der Waals surface area (Å²) in [5, 5.41) is 5.91. The largest absolute Gasteiger partial charge is 0.463 e. The average Bonchev–Trinajstić information content (AvgIpc) is 2.77. The van der Waals surface area contributed by atoms with Crippen LogP contribution in [0.2, 0.25) is 0 Å². The molecule has 1 aromatic rings. The molecule has 2 atom stereocenters. The molecule has 0 saturated carbocycles. The van der Waals surface area contributed by atoms with Gasteiger partial charge >= 0.3 is 18.0 Å². The minimum Gasteiger partial charge on any atom is -0.463 e. The minimum atomic E-state index is -0.589. The number of esters is 1. The van der Waals surface area contributed by atoms with Gasteiger partial charge in [0, 0.05) is 51.0 Å². The third-order valence-corrected chi connectivity index (χ3v) is 6.24. The lowest BCUT2D eigenvalue weighted by atomic mass is 9.93. The lowest BCUT2D eigenvalue weighted by Gasteiger charge is -2.42. The monoisotopic (exact) mass is 471 g/mol. The standard InChI is InChI=1S/C25H37N5O4/c1-7-34-23(31)21-20(15-29-12-13-30(18(5)14-29)25(33)26-16(2)3)28(6)24(32)27-22(21)19-10-8-17(4)9-11-19/h8-11,16,18,22H,7,12-15H2,1-6H3,(H,26,33)(H,27,32)/t18-,22+/m0/s1. The molecule has 1 saturated heterocycles. The van der Waals surface area contributed by atoms with Gasteiger partial charge in [0.15, 0.2) is 0 Å². The van der Waals surface area contributed by atoms with Crippen LogP contribution < -0.4 is 10.6 Å². The molecule has 3 rings (SSSR count). The van der Waals surface area contributed by atoms with Gasteiger partial charge < -0.3 is 20.3 Å². The van der Waals surface area contributed by atoms with Crippen LogP contribution in [-0.4, -0.2) is 84.6 Å². The Labute approximate surface area is 202 Å². The van der Waals surface area contributed by atoms with E-state index in [2.05, 4.69) is 15.5 Å². The molecular weight excluding hydrogens is 434 g/mol. The van der Waals surface area contributed by atoms with Gasteiger partial charge in [0.2, 0.25) is 0 Å². The second kappa shape index (κ2) is 10.9. The minimum absolute atomic E-state index is 0.00485. The van der Waals surface area contributed by atoms with Crippen LogP contribution >= 0.6 is 0 Å². The number of aryl methyl sites for hydroxylation is 1. The molecular formula is C25H37N5O4. The van der Waals surface area contributed by atoms with Crippen LogP contribution in [0, 0.1) is 6.92 Å². The van der Waals surface area contributed by atoms with Crippen LogP contribution in [0.1, 0.15) is 44.9 Å². The SMILES string of the molecule is CCOC(=O)C1=C(CN2CCN(C(=O)NC(C)C)[C@@H](C)C2)N(C)C(=O)N[C@@H]1c1ccc(C)cc1. The van der Waals surface area contributed by atoms with Gasteiger partial charge in [-0.15, -0.1) is 0 Å². The van der Waals surface area contributed by atoms with Crippen LogP contribution in [0.4, 0.5) is 9.59 Å². The first-order chi connectivity index (χ1) is 16.1. The molecule has 0 bridgehead atoms. The molecule has 2 aliphatic heterocycles. The van der Waals surface area contributed by atoms with Gasteiger partial charge in [0.25, 0.3) is 0 Å². The van der Waals surface area contributed by atoms with Gasteiger partial charge in [0.05, 0.1) is 18.2 Å². The smallest absolute Gasteiger partial charge is 0.338 e. The molecule has 1 aromatic carbocycles. The Balaban J connectivity index is 1.89. The molecule has 2 aliphatic rings. The molecule has 9 nitrogen and oxygen atoms in total. The molecule has 186 valence electrons. The fourth-order valence-electron chi connectivity index (χ4n) is 4.43. The summed E-state index contributed by atoms with van der Waals surface area (Å²) in [4.78, 5) is 44.0. The predicted octanol–water partition coefficient (Wildman–Crippen LogP) is 2.63. The number of nitrogens with one attached hydrogen (secondary N) is 2. The van der Waals surface area contributed by atoms with E-state index in [1.807, 2.05) is 56.9 Å². The molecule has 0 unspecified atom stereocenters. The number of hydrogen-bond acceptors (Lipinski definition) is 5. The summed E-state index contributed by atoms with van der Waals surface area (Å²) >= 11 is 0. The zero-order valence-electron chi connectivity index (χ0n) is 21.1. The van der Waals surface area contributed by atoms with Gasteiger partial charge in [-0.05, 0) is 40.2 Å². The van der Waals surface area contributed by atoms with Crippen molar-refractivity contribution in [1.82, 2.24) is 25.3 Å². The summed E-state index contributed by atoms with van der Waals surface area (Å²) in [7, 11) is 1.67. The lowest BCUT2D eigenvalue weighted by Crippen LogP contribution is -2.58. The Morgan fingerprint density at radius 2 is 1.88 bits per heavy atom. The quantitative estimate of drug-likeness (QED) is 0.622.